The molecule has 0 radical (unpaired) electrons. The highest BCUT2D eigenvalue weighted by molar-refractivity contribution is 6.31. The summed E-state index contributed by atoms with van der Waals surface area (Å²) < 4.78 is 5.50. The number of aliphatic carboxylic acids is 1. The van der Waals surface area contributed by atoms with Crippen LogP contribution in [0.15, 0.2) is 18.2 Å². The van der Waals surface area contributed by atoms with E-state index in [2.05, 4.69) is 0 Å². The Kier molecular flexibility index (Phi) is 4.73. The maximum atomic E-state index is 12.2. The second-order valence-electron chi connectivity index (χ2n) is 5.20. The smallest absolute Gasteiger partial charge is 0.326 e. The van der Waals surface area contributed by atoms with Crippen molar-refractivity contribution < 1.29 is 19.4 Å². The van der Waals surface area contributed by atoms with Gasteiger partial charge in [-0.15, -0.1) is 0 Å². The van der Waals surface area contributed by atoms with Crippen LogP contribution in [0.2, 0.25) is 5.02 Å². The summed E-state index contributed by atoms with van der Waals surface area (Å²) in [5, 5.41) is 9.66. The van der Waals surface area contributed by atoms with E-state index in [1.807, 2.05) is 0 Å². The highest BCUT2D eigenvalue weighted by Gasteiger charge is 2.38. The number of rotatable bonds is 6. The topological polar surface area (TPSA) is 66.8 Å². The van der Waals surface area contributed by atoms with Crippen LogP contribution in [0, 0.1) is 6.92 Å². The first kappa shape index (κ1) is 15.6. The van der Waals surface area contributed by atoms with Gasteiger partial charge < -0.3 is 14.7 Å². The molecule has 1 aliphatic carbocycles. The molecule has 2 rings (SSSR count). The number of hydrogen-bond acceptors (Lipinski definition) is 3. The number of amides is 1. The number of halogens is 1. The molecule has 5 nitrogen and oxygen atoms in total. The molecule has 1 aromatic rings. The number of carbonyl (C=O) groups excluding carboxylic acids is 1. The summed E-state index contributed by atoms with van der Waals surface area (Å²) in [7, 11) is 0. The maximum Gasteiger partial charge on any atom is 0.326 e. The fourth-order valence-corrected chi connectivity index (χ4v) is 2.33. The molecule has 6 heteroatoms. The molecule has 0 spiro atoms. The molecule has 1 saturated carbocycles. The molecule has 0 saturated heterocycles. The summed E-state index contributed by atoms with van der Waals surface area (Å²) in [4.78, 5) is 24.7. The van der Waals surface area contributed by atoms with Gasteiger partial charge in [0.25, 0.3) is 5.91 Å². The highest BCUT2D eigenvalue weighted by Crippen LogP contribution is 2.29. The molecule has 21 heavy (non-hydrogen) atoms. The lowest BCUT2D eigenvalue weighted by Gasteiger charge is -2.26. The molecule has 0 bridgehead atoms. The number of hydrogen-bond donors (Lipinski definition) is 1. The number of carbonyl (C=O) groups is 2. The number of benzene rings is 1. The molecular formula is C15H18ClNO4. The molecule has 0 aliphatic heterocycles. The van der Waals surface area contributed by atoms with Gasteiger partial charge in [-0.3, -0.25) is 4.79 Å². The van der Waals surface area contributed by atoms with E-state index >= 15 is 0 Å². The second-order valence-corrected chi connectivity index (χ2v) is 5.61. The van der Waals surface area contributed by atoms with E-state index < -0.39 is 12.0 Å². The van der Waals surface area contributed by atoms with Crippen LogP contribution in [0.4, 0.5) is 0 Å². The average Bonchev–Trinajstić information content (AvgIpc) is 3.25. The third kappa shape index (κ3) is 3.67. The van der Waals surface area contributed by atoms with Gasteiger partial charge in [0.1, 0.15) is 11.8 Å². The Morgan fingerprint density at radius 2 is 2.14 bits per heavy atom. The SMILES string of the molecule is Cc1c(Cl)cccc1OCC(=O)N(C1CC1)C(C)C(=O)O. The fraction of sp³-hybridized carbons (Fsp3) is 0.467. The van der Waals surface area contributed by atoms with Crippen LogP contribution in [0.3, 0.4) is 0 Å². The van der Waals surface area contributed by atoms with E-state index in [9.17, 15) is 9.59 Å². The van der Waals surface area contributed by atoms with Crippen LogP contribution in [-0.4, -0.2) is 40.6 Å². The molecule has 1 N–H and O–H groups in total. The lowest BCUT2D eigenvalue weighted by atomic mass is 10.2. The third-order valence-electron chi connectivity index (χ3n) is 3.57. The van der Waals surface area contributed by atoms with Crippen molar-refractivity contribution in [2.24, 2.45) is 0 Å². The van der Waals surface area contributed by atoms with Crippen LogP contribution in [0.25, 0.3) is 0 Å². The lowest BCUT2D eigenvalue weighted by Crippen LogP contribution is -2.46. The normalized spacial score (nSPS) is 15.4. The highest BCUT2D eigenvalue weighted by atomic mass is 35.5. The van der Waals surface area contributed by atoms with Crippen molar-refractivity contribution in [1.29, 1.82) is 0 Å². The summed E-state index contributed by atoms with van der Waals surface area (Å²) in [5.41, 5.74) is 0.760. The molecule has 0 heterocycles. The van der Waals surface area contributed by atoms with Crippen molar-refractivity contribution in [2.45, 2.75) is 38.8 Å². The fourth-order valence-electron chi connectivity index (χ4n) is 2.17. The Labute approximate surface area is 128 Å². The molecular weight excluding hydrogens is 294 g/mol. The zero-order valence-electron chi connectivity index (χ0n) is 12.0. The van der Waals surface area contributed by atoms with Crippen LogP contribution >= 0.6 is 11.6 Å². The Bertz CT molecular complexity index is 557. The quantitative estimate of drug-likeness (QED) is 0.876. The minimum atomic E-state index is -1.01. The van der Waals surface area contributed by atoms with Gasteiger partial charge in [-0.05, 0) is 38.8 Å². The molecule has 1 aliphatic rings. The third-order valence-corrected chi connectivity index (χ3v) is 3.98. The molecule has 1 amide bonds. The standard InChI is InChI=1S/C15H18ClNO4/c1-9-12(16)4-3-5-13(9)21-8-14(18)17(11-6-7-11)10(2)15(19)20/h3-5,10-11H,6-8H2,1-2H3,(H,19,20). The minimum Gasteiger partial charge on any atom is -0.483 e. The van der Waals surface area contributed by atoms with E-state index in [1.54, 1.807) is 25.1 Å². The van der Waals surface area contributed by atoms with Crippen LogP contribution < -0.4 is 4.74 Å². The van der Waals surface area contributed by atoms with E-state index in [0.29, 0.717) is 10.8 Å². The Balaban J connectivity index is 2.02. The predicted octanol–water partition coefficient (Wildman–Crippen LogP) is 2.49. The molecule has 1 atom stereocenters. The zero-order chi connectivity index (χ0) is 15.6. The summed E-state index contributed by atoms with van der Waals surface area (Å²) in [6.07, 6.45) is 1.69. The summed E-state index contributed by atoms with van der Waals surface area (Å²) in [6, 6.07) is 4.40. The second kappa shape index (κ2) is 6.35. The summed E-state index contributed by atoms with van der Waals surface area (Å²) in [5.74, 6) is -0.782. The van der Waals surface area contributed by atoms with Gasteiger partial charge in [0.05, 0.1) is 0 Å². The van der Waals surface area contributed by atoms with Crippen LogP contribution in [-0.2, 0) is 9.59 Å². The van der Waals surface area contributed by atoms with Crippen molar-refractivity contribution in [3.05, 3.63) is 28.8 Å². The van der Waals surface area contributed by atoms with E-state index in [4.69, 9.17) is 21.4 Å². The monoisotopic (exact) mass is 311 g/mol. The number of carboxylic acids is 1. The first-order valence-electron chi connectivity index (χ1n) is 6.83. The molecule has 0 aromatic heterocycles. The van der Waals surface area contributed by atoms with Crippen LogP contribution in [0.1, 0.15) is 25.3 Å². The van der Waals surface area contributed by atoms with Crippen molar-refractivity contribution in [1.82, 2.24) is 4.90 Å². The first-order valence-corrected chi connectivity index (χ1v) is 7.21. The Morgan fingerprint density at radius 1 is 1.48 bits per heavy atom. The summed E-state index contributed by atoms with van der Waals surface area (Å²) in [6.45, 7) is 3.14. The number of nitrogens with zero attached hydrogens (tertiary/aromatic N) is 1. The van der Waals surface area contributed by atoms with Crippen LogP contribution in [0.5, 0.6) is 5.75 Å². The number of ether oxygens (including phenoxy) is 1. The van der Waals surface area contributed by atoms with Gasteiger partial charge in [-0.25, -0.2) is 4.79 Å². The number of carboxylic acid groups (broad SMARTS) is 1. The Morgan fingerprint density at radius 3 is 2.71 bits per heavy atom. The van der Waals surface area contributed by atoms with E-state index in [1.165, 1.54) is 11.8 Å². The van der Waals surface area contributed by atoms with Gasteiger partial charge in [0.15, 0.2) is 6.61 Å². The zero-order valence-corrected chi connectivity index (χ0v) is 12.8. The Hall–Kier alpha value is -1.75. The minimum absolute atomic E-state index is 0.0210. The summed E-state index contributed by atoms with van der Waals surface area (Å²) >= 11 is 5.99. The predicted molar refractivity (Wildman–Crippen MR) is 78.6 cm³/mol. The van der Waals surface area contributed by atoms with Crippen molar-refractivity contribution in [3.63, 3.8) is 0 Å². The van der Waals surface area contributed by atoms with E-state index in [0.717, 1.165) is 18.4 Å². The van der Waals surface area contributed by atoms with E-state index in [-0.39, 0.29) is 18.6 Å². The maximum absolute atomic E-state index is 12.2. The molecule has 114 valence electrons. The van der Waals surface area contributed by atoms with Gasteiger partial charge in [-0.1, -0.05) is 17.7 Å². The largest absolute Gasteiger partial charge is 0.483 e. The van der Waals surface area contributed by atoms with Crippen molar-refractivity contribution in [3.8, 4) is 5.75 Å². The van der Waals surface area contributed by atoms with Gasteiger partial charge >= 0.3 is 5.97 Å². The van der Waals surface area contributed by atoms with Crippen molar-refractivity contribution in [2.75, 3.05) is 6.61 Å². The average molecular weight is 312 g/mol. The van der Waals surface area contributed by atoms with Gasteiger partial charge in [-0.2, -0.15) is 0 Å². The lowest BCUT2D eigenvalue weighted by molar-refractivity contribution is -0.150. The molecule has 1 unspecified atom stereocenters. The molecule has 1 aromatic carbocycles. The first-order chi connectivity index (χ1) is 9.91. The molecule has 1 fully saturated rings. The van der Waals surface area contributed by atoms with Gasteiger partial charge in [0.2, 0.25) is 0 Å². The van der Waals surface area contributed by atoms with Crippen molar-refractivity contribution >= 4 is 23.5 Å². The van der Waals surface area contributed by atoms with Gasteiger partial charge in [0, 0.05) is 16.6 Å².